The first kappa shape index (κ1) is 15.6. The Labute approximate surface area is 137 Å². The number of nitrogens with two attached hydrogens (primary N) is 1. The lowest BCUT2D eigenvalue weighted by Gasteiger charge is -2.13. The predicted octanol–water partition coefficient (Wildman–Crippen LogP) is 2.23. The van der Waals surface area contributed by atoms with Crippen LogP contribution in [0.4, 0.5) is 5.69 Å². The molecule has 8 heteroatoms. The molecule has 0 aliphatic carbocycles. The van der Waals surface area contributed by atoms with E-state index in [2.05, 4.69) is 10.1 Å². The van der Waals surface area contributed by atoms with Crippen LogP contribution in [0.2, 0.25) is 0 Å². The molecule has 0 spiro atoms. The van der Waals surface area contributed by atoms with Gasteiger partial charge in [-0.15, -0.1) is 0 Å². The van der Waals surface area contributed by atoms with Crippen LogP contribution in [-0.4, -0.2) is 26.8 Å². The summed E-state index contributed by atoms with van der Waals surface area (Å²) in [5.74, 6) is 1.27. The van der Waals surface area contributed by atoms with E-state index in [4.69, 9.17) is 10.5 Å². The Balaban J connectivity index is 1.92. The molecule has 0 aliphatic heterocycles. The van der Waals surface area contributed by atoms with Crippen LogP contribution < -0.4 is 10.5 Å². The Kier molecular flexibility index (Phi) is 4.21. The van der Waals surface area contributed by atoms with E-state index in [0.717, 1.165) is 11.3 Å². The first-order valence-electron chi connectivity index (χ1n) is 7.14. The number of nitrogens with zero attached hydrogens (tertiary/aromatic N) is 4. The van der Waals surface area contributed by atoms with Crippen LogP contribution in [-0.2, 0) is 0 Å². The van der Waals surface area contributed by atoms with E-state index in [-0.39, 0.29) is 5.69 Å². The number of ether oxygens (including phenoxy) is 1. The largest absolute Gasteiger partial charge is 0.497 e. The fraction of sp³-hybridized carbons (Fsp3) is 0.125. The van der Waals surface area contributed by atoms with Crippen LogP contribution in [0, 0.1) is 10.1 Å². The van der Waals surface area contributed by atoms with Gasteiger partial charge >= 0.3 is 0 Å². The number of benzene rings is 2. The van der Waals surface area contributed by atoms with E-state index in [1.807, 2.05) is 24.3 Å². The highest BCUT2D eigenvalue weighted by atomic mass is 16.6. The van der Waals surface area contributed by atoms with Crippen molar-refractivity contribution in [2.75, 3.05) is 7.11 Å². The molecule has 24 heavy (non-hydrogen) atoms. The van der Waals surface area contributed by atoms with Gasteiger partial charge in [-0.25, -0.2) is 9.67 Å². The summed E-state index contributed by atoms with van der Waals surface area (Å²) in [4.78, 5) is 14.5. The Morgan fingerprint density at radius 3 is 2.42 bits per heavy atom. The zero-order valence-electron chi connectivity index (χ0n) is 12.9. The van der Waals surface area contributed by atoms with Gasteiger partial charge < -0.3 is 10.5 Å². The maximum Gasteiger partial charge on any atom is 0.269 e. The van der Waals surface area contributed by atoms with E-state index in [1.54, 1.807) is 23.9 Å². The van der Waals surface area contributed by atoms with Crippen molar-refractivity contribution < 1.29 is 9.66 Å². The number of nitro groups is 1. The van der Waals surface area contributed by atoms with E-state index in [0.29, 0.717) is 11.5 Å². The third kappa shape index (κ3) is 2.95. The third-order valence-electron chi connectivity index (χ3n) is 3.63. The van der Waals surface area contributed by atoms with Crippen molar-refractivity contribution in [3.63, 3.8) is 0 Å². The fourth-order valence-corrected chi connectivity index (χ4v) is 2.34. The molecule has 1 atom stereocenters. The molecule has 0 aliphatic rings. The molecule has 0 bridgehead atoms. The SMILES string of the molecule is COc1ccc(C(N)c2ncnn2-c2ccc([N+](=O)[O-])cc2)cc1. The second-order valence-corrected chi connectivity index (χ2v) is 5.05. The minimum atomic E-state index is -0.492. The van der Waals surface area contributed by atoms with Gasteiger partial charge in [0.15, 0.2) is 5.82 Å². The maximum absolute atomic E-state index is 10.8. The molecule has 122 valence electrons. The molecule has 8 nitrogen and oxygen atoms in total. The molecule has 2 N–H and O–H groups in total. The quantitative estimate of drug-likeness (QED) is 0.569. The van der Waals surface area contributed by atoms with E-state index in [9.17, 15) is 10.1 Å². The molecule has 0 fully saturated rings. The van der Waals surface area contributed by atoms with Crippen LogP contribution in [0.15, 0.2) is 54.9 Å². The Morgan fingerprint density at radius 1 is 1.17 bits per heavy atom. The van der Waals surface area contributed by atoms with Crippen molar-refractivity contribution in [1.29, 1.82) is 0 Å². The number of rotatable bonds is 5. The van der Waals surface area contributed by atoms with Crippen LogP contribution in [0.3, 0.4) is 0 Å². The monoisotopic (exact) mass is 325 g/mol. The number of hydrogen-bond acceptors (Lipinski definition) is 6. The van der Waals surface area contributed by atoms with Gasteiger partial charge in [-0.05, 0) is 29.8 Å². The molecule has 1 unspecified atom stereocenters. The molecule has 3 rings (SSSR count). The predicted molar refractivity (Wildman–Crippen MR) is 87.0 cm³/mol. The van der Waals surface area contributed by atoms with Gasteiger partial charge in [0.2, 0.25) is 0 Å². The van der Waals surface area contributed by atoms with E-state index in [1.165, 1.54) is 18.5 Å². The minimum absolute atomic E-state index is 0.0138. The van der Waals surface area contributed by atoms with Gasteiger partial charge in [0.05, 0.1) is 23.8 Å². The summed E-state index contributed by atoms with van der Waals surface area (Å²) in [5.41, 5.74) is 7.81. The summed E-state index contributed by atoms with van der Waals surface area (Å²) in [5, 5.41) is 14.9. The molecule has 0 saturated carbocycles. The van der Waals surface area contributed by atoms with Crippen molar-refractivity contribution in [2.24, 2.45) is 5.73 Å². The number of hydrogen-bond donors (Lipinski definition) is 1. The first-order valence-corrected chi connectivity index (χ1v) is 7.14. The van der Waals surface area contributed by atoms with Gasteiger partial charge in [-0.1, -0.05) is 12.1 Å². The van der Waals surface area contributed by atoms with Gasteiger partial charge in [0.1, 0.15) is 12.1 Å². The summed E-state index contributed by atoms with van der Waals surface area (Å²) in [6.45, 7) is 0. The standard InChI is InChI=1S/C16H15N5O3/c1-24-14-8-2-11(3-9-14)15(17)16-18-10-19-20(16)12-4-6-13(7-5-12)21(22)23/h2-10,15H,17H2,1H3. The first-order chi connectivity index (χ1) is 11.6. The van der Waals surface area contributed by atoms with Crippen molar-refractivity contribution in [2.45, 2.75) is 6.04 Å². The van der Waals surface area contributed by atoms with Gasteiger partial charge in [-0.3, -0.25) is 10.1 Å². The van der Waals surface area contributed by atoms with Crippen molar-refractivity contribution >= 4 is 5.69 Å². The van der Waals surface area contributed by atoms with Crippen LogP contribution >= 0.6 is 0 Å². The molecule has 2 aromatic carbocycles. The molecule has 1 heterocycles. The second kappa shape index (κ2) is 6.47. The Morgan fingerprint density at radius 2 is 1.83 bits per heavy atom. The number of aromatic nitrogens is 3. The smallest absolute Gasteiger partial charge is 0.269 e. The maximum atomic E-state index is 10.8. The average Bonchev–Trinajstić information content (AvgIpc) is 3.11. The van der Waals surface area contributed by atoms with Gasteiger partial charge in [-0.2, -0.15) is 5.10 Å². The summed E-state index contributed by atoms with van der Waals surface area (Å²) < 4.78 is 6.70. The fourth-order valence-electron chi connectivity index (χ4n) is 2.34. The summed E-state index contributed by atoms with van der Waals surface area (Å²) in [7, 11) is 1.60. The zero-order valence-corrected chi connectivity index (χ0v) is 12.9. The lowest BCUT2D eigenvalue weighted by atomic mass is 10.1. The van der Waals surface area contributed by atoms with Gasteiger partial charge in [0.25, 0.3) is 5.69 Å². The lowest BCUT2D eigenvalue weighted by molar-refractivity contribution is -0.384. The molecular formula is C16H15N5O3. The highest BCUT2D eigenvalue weighted by Crippen LogP contribution is 2.23. The molecule has 1 aromatic heterocycles. The highest BCUT2D eigenvalue weighted by Gasteiger charge is 2.17. The number of methoxy groups -OCH3 is 1. The second-order valence-electron chi connectivity index (χ2n) is 5.05. The van der Waals surface area contributed by atoms with Crippen molar-refractivity contribution in [3.05, 3.63) is 76.4 Å². The van der Waals surface area contributed by atoms with Crippen LogP contribution in [0.1, 0.15) is 17.4 Å². The van der Waals surface area contributed by atoms with E-state index >= 15 is 0 Å². The summed E-state index contributed by atoms with van der Waals surface area (Å²) in [6.07, 6.45) is 1.40. The van der Waals surface area contributed by atoms with Gasteiger partial charge in [0, 0.05) is 12.1 Å². The summed E-state index contributed by atoms with van der Waals surface area (Å²) in [6, 6.07) is 12.9. The van der Waals surface area contributed by atoms with Crippen molar-refractivity contribution in [3.8, 4) is 11.4 Å². The normalized spacial score (nSPS) is 11.9. The highest BCUT2D eigenvalue weighted by molar-refractivity contribution is 5.41. The molecule has 3 aromatic rings. The Bertz CT molecular complexity index is 843. The zero-order chi connectivity index (χ0) is 17.1. The lowest BCUT2D eigenvalue weighted by Crippen LogP contribution is -2.18. The topological polar surface area (TPSA) is 109 Å². The molecular weight excluding hydrogens is 310 g/mol. The number of nitro benzene ring substituents is 1. The van der Waals surface area contributed by atoms with Crippen LogP contribution in [0.25, 0.3) is 5.69 Å². The minimum Gasteiger partial charge on any atom is -0.497 e. The molecule has 0 radical (unpaired) electrons. The number of non-ortho nitro benzene ring substituents is 1. The third-order valence-corrected chi connectivity index (χ3v) is 3.63. The summed E-state index contributed by atoms with van der Waals surface area (Å²) >= 11 is 0. The van der Waals surface area contributed by atoms with Crippen molar-refractivity contribution in [1.82, 2.24) is 14.8 Å². The van der Waals surface area contributed by atoms with Crippen LogP contribution in [0.5, 0.6) is 5.75 Å². The average molecular weight is 325 g/mol. The van der Waals surface area contributed by atoms with E-state index < -0.39 is 11.0 Å². The molecule has 0 amide bonds. The Hall–Kier alpha value is -3.26. The molecule has 0 saturated heterocycles.